The van der Waals surface area contributed by atoms with Crippen molar-refractivity contribution >= 4 is 5.97 Å². The molecule has 4 aliphatic carbocycles. The van der Waals surface area contributed by atoms with Crippen LogP contribution in [0.4, 0.5) is 0 Å². The maximum Gasteiger partial charge on any atom is 0.307 e. The number of carboxylic acid groups (broad SMARTS) is 1. The van der Waals surface area contributed by atoms with Crippen molar-refractivity contribution in [3.05, 3.63) is 0 Å². The fraction of sp³-hybridized carbons (Fsp3) is 0.960. The van der Waals surface area contributed by atoms with Crippen molar-refractivity contribution in [2.24, 2.45) is 52.3 Å². The first-order valence-corrected chi connectivity index (χ1v) is 12.2. The van der Waals surface area contributed by atoms with Crippen molar-refractivity contribution in [1.29, 1.82) is 0 Å². The molecule has 0 aromatic carbocycles. The third kappa shape index (κ3) is 3.11. The first-order valence-electron chi connectivity index (χ1n) is 12.2. The Morgan fingerprint density at radius 3 is 2.45 bits per heavy atom. The summed E-state index contributed by atoms with van der Waals surface area (Å²) in [7, 11) is 0. The van der Waals surface area contributed by atoms with E-state index in [0.29, 0.717) is 25.2 Å². The van der Waals surface area contributed by atoms with E-state index in [1.807, 2.05) is 0 Å². The third-order valence-corrected chi connectivity index (χ3v) is 10.6. The summed E-state index contributed by atoms with van der Waals surface area (Å²) in [6.07, 6.45) is 7.98. The molecule has 3 N–H and O–H groups in total. The second-order valence-corrected chi connectivity index (χ2v) is 11.7. The standard InChI is InChI=1S/C25H42O4/c1-5-6-14(2)17-7-8-18-22-19(9-10-24(17,18)3)25(4)15(12-21(22)27)11-16(26)13-20(25)23(28)29/h14-22,26-27H,5-13H2,1-4H3,(H,28,29)/t14-,15?,16+,17-,18+,19+,20?,21-,22+,24-,25+/m1/s1. The first-order chi connectivity index (χ1) is 13.6. The van der Waals surface area contributed by atoms with Gasteiger partial charge in [0.2, 0.25) is 0 Å². The van der Waals surface area contributed by atoms with Crippen molar-refractivity contribution in [1.82, 2.24) is 0 Å². The summed E-state index contributed by atoms with van der Waals surface area (Å²) >= 11 is 0. The predicted molar refractivity (Wildman–Crippen MR) is 113 cm³/mol. The molecule has 0 bridgehead atoms. The minimum Gasteiger partial charge on any atom is -0.481 e. The molecule has 4 heteroatoms. The number of aliphatic hydroxyl groups excluding tert-OH is 2. The first kappa shape index (κ1) is 21.6. The molecule has 4 aliphatic rings. The molecule has 29 heavy (non-hydrogen) atoms. The van der Waals surface area contributed by atoms with Crippen LogP contribution < -0.4 is 0 Å². The van der Waals surface area contributed by atoms with Gasteiger partial charge in [-0.05, 0) is 91.3 Å². The number of aliphatic hydroxyl groups is 2. The third-order valence-electron chi connectivity index (χ3n) is 10.6. The number of hydrogen-bond acceptors (Lipinski definition) is 3. The average molecular weight is 407 g/mol. The molecule has 4 rings (SSSR count). The SMILES string of the molecule is CCC[C@@H](C)[C@H]1CC[C@H]2[C@@H]3[C@H](O)CC4C[C@H](O)CC(C(=O)O)[C@]4(C)[C@H]3CC[C@]12C. The van der Waals surface area contributed by atoms with Gasteiger partial charge in [0.25, 0.3) is 0 Å². The highest BCUT2D eigenvalue weighted by Crippen LogP contribution is 2.69. The van der Waals surface area contributed by atoms with Crippen LogP contribution in [0.25, 0.3) is 0 Å². The van der Waals surface area contributed by atoms with Crippen LogP contribution in [-0.2, 0) is 4.79 Å². The Morgan fingerprint density at radius 1 is 1.07 bits per heavy atom. The van der Waals surface area contributed by atoms with E-state index in [9.17, 15) is 20.1 Å². The number of aliphatic carboxylic acids is 1. The Balaban J connectivity index is 1.67. The van der Waals surface area contributed by atoms with Gasteiger partial charge in [-0.15, -0.1) is 0 Å². The van der Waals surface area contributed by atoms with Crippen LogP contribution >= 0.6 is 0 Å². The highest BCUT2D eigenvalue weighted by Gasteiger charge is 2.65. The van der Waals surface area contributed by atoms with Gasteiger partial charge < -0.3 is 15.3 Å². The quantitative estimate of drug-likeness (QED) is 0.631. The zero-order valence-electron chi connectivity index (χ0n) is 18.8. The van der Waals surface area contributed by atoms with E-state index in [-0.39, 0.29) is 34.7 Å². The Morgan fingerprint density at radius 2 is 1.79 bits per heavy atom. The molecule has 11 atom stereocenters. The summed E-state index contributed by atoms with van der Waals surface area (Å²) in [6, 6.07) is 0. The summed E-state index contributed by atoms with van der Waals surface area (Å²) in [6.45, 7) is 9.38. The van der Waals surface area contributed by atoms with Gasteiger partial charge in [-0.3, -0.25) is 4.79 Å². The van der Waals surface area contributed by atoms with Gasteiger partial charge in [0.05, 0.1) is 18.1 Å². The zero-order valence-corrected chi connectivity index (χ0v) is 18.8. The fourth-order valence-corrected chi connectivity index (χ4v) is 9.30. The lowest BCUT2D eigenvalue weighted by Crippen LogP contribution is -2.62. The van der Waals surface area contributed by atoms with E-state index < -0.39 is 18.0 Å². The van der Waals surface area contributed by atoms with Crippen LogP contribution in [-0.4, -0.2) is 33.5 Å². The number of fused-ring (bicyclic) bond motifs is 5. The van der Waals surface area contributed by atoms with Crippen LogP contribution in [0.1, 0.15) is 85.5 Å². The van der Waals surface area contributed by atoms with Crippen molar-refractivity contribution < 1.29 is 20.1 Å². The van der Waals surface area contributed by atoms with Gasteiger partial charge in [0.15, 0.2) is 0 Å². The van der Waals surface area contributed by atoms with Crippen LogP contribution in [0.15, 0.2) is 0 Å². The number of carboxylic acids is 1. The molecule has 0 aromatic heterocycles. The molecule has 2 unspecified atom stereocenters. The Hall–Kier alpha value is -0.610. The molecular weight excluding hydrogens is 364 g/mol. The number of carbonyl (C=O) groups is 1. The molecule has 4 nitrogen and oxygen atoms in total. The molecule has 0 saturated heterocycles. The monoisotopic (exact) mass is 406 g/mol. The predicted octanol–water partition coefficient (Wildman–Crippen LogP) is 4.72. The second-order valence-electron chi connectivity index (χ2n) is 11.7. The van der Waals surface area contributed by atoms with E-state index in [2.05, 4.69) is 27.7 Å². The maximum atomic E-state index is 12.2. The molecule has 0 amide bonds. The lowest BCUT2D eigenvalue weighted by atomic mass is 9.41. The largest absolute Gasteiger partial charge is 0.481 e. The lowest BCUT2D eigenvalue weighted by molar-refractivity contribution is -0.204. The topological polar surface area (TPSA) is 77.8 Å². The highest BCUT2D eigenvalue weighted by molar-refractivity contribution is 5.71. The van der Waals surface area contributed by atoms with E-state index in [1.165, 1.54) is 32.1 Å². The zero-order chi connectivity index (χ0) is 21.1. The van der Waals surface area contributed by atoms with Crippen LogP contribution in [0.3, 0.4) is 0 Å². The minimum atomic E-state index is -0.749. The molecular formula is C25H42O4. The van der Waals surface area contributed by atoms with Crippen LogP contribution in [0.5, 0.6) is 0 Å². The van der Waals surface area contributed by atoms with E-state index in [4.69, 9.17) is 0 Å². The van der Waals surface area contributed by atoms with Gasteiger partial charge in [0, 0.05) is 0 Å². The van der Waals surface area contributed by atoms with Gasteiger partial charge in [-0.1, -0.05) is 40.5 Å². The van der Waals surface area contributed by atoms with Crippen molar-refractivity contribution in [2.75, 3.05) is 0 Å². The summed E-state index contributed by atoms with van der Waals surface area (Å²) in [5, 5.41) is 31.7. The maximum absolute atomic E-state index is 12.2. The van der Waals surface area contributed by atoms with Gasteiger partial charge in [0.1, 0.15) is 0 Å². The smallest absolute Gasteiger partial charge is 0.307 e. The van der Waals surface area contributed by atoms with Gasteiger partial charge in [-0.25, -0.2) is 0 Å². The Bertz CT molecular complexity index is 634. The molecule has 0 heterocycles. The molecule has 166 valence electrons. The minimum absolute atomic E-state index is 0.115. The van der Waals surface area contributed by atoms with Gasteiger partial charge in [-0.2, -0.15) is 0 Å². The molecule has 0 radical (unpaired) electrons. The summed E-state index contributed by atoms with van der Waals surface area (Å²) in [5.74, 6) is 1.34. The van der Waals surface area contributed by atoms with E-state index in [0.717, 1.165) is 18.3 Å². The second kappa shape index (κ2) is 7.51. The average Bonchev–Trinajstić information content (AvgIpc) is 3.00. The van der Waals surface area contributed by atoms with Crippen LogP contribution in [0.2, 0.25) is 0 Å². The summed E-state index contributed by atoms with van der Waals surface area (Å²) < 4.78 is 0. The van der Waals surface area contributed by atoms with Crippen molar-refractivity contribution in [3.8, 4) is 0 Å². The van der Waals surface area contributed by atoms with Crippen molar-refractivity contribution in [2.45, 2.75) is 97.7 Å². The van der Waals surface area contributed by atoms with Crippen LogP contribution in [0, 0.1) is 52.3 Å². The normalized spacial score (nSPS) is 52.9. The van der Waals surface area contributed by atoms with E-state index >= 15 is 0 Å². The Kier molecular flexibility index (Phi) is 5.60. The van der Waals surface area contributed by atoms with Gasteiger partial charge >= 0.3 is 5.97 Å². The lowest BCUT2D eigenvalue weighted by Gasteiger charge is -2.63. The number of rotatable bonds is 4. The molecule has 0 aromatic rings. The number of hydrogen-bond donors (Lipinski definition) is 3. The summed E-state index contributed by atoms with van der Waals surface area (Å²) in [5.41, 5.74) is -0.0176. The van der Waals surface area contributed by atoms with E-state index in [1.54, 1.807) is 0 Å². The molecule has 0 aliphatic heterocycles. The van der Waals surface area contributed by atoms with Crippen molar-refractivity contribution in [3.63, 3.8) is 0 Å². The summed E-state index contributed by atoms with van der Waals surface area (Å²) in [4.78, 5) is 12.2. The highest BCUT2D eigenvalue weighted by atomic mass is 16.4. The fourth-order valence-electron chi connectivity index (χ4n) is 9.30. The molecule has 4 saturated carbocycles. The molecule has 4 fully saturated rings. The Labute approximate surface area is 176 Å². The molecule has 0 spiro atoms.